The summed E-state index contributed by atoms with van der Waals surface area (Å²) in [5.41, 5.74) is 2.94. The molecule has 0 aliphatic heterocycles. The summed E-state index contributed by atoms with van der Waals surface area (Å²) < 4.78 is 0. The second kappa shape index (κ2) is 9.71. The number of rotatable bonds is 7. The maximum atomic E-state index is 12.5. The fraction of sp³-hybridized carbons (Fsp3) is 0.227. The molecule has 0 radical (unpaired) electrons. The minimum Gasteiger partial charge on any atom is -0.326 e. The Morgan fingerprint density at radius 2 is 1.76 bits per heavy atom. The maximum Gasteiger partial charge on any atom is 0.255 e. The van der Waals surface area contributed by atoms with Crippen molar-refractivity contribution in [2.75, 3.05) is 10.6 Å². The Kier molecular flexibility index (Phi) is 7.06. The van der Waals surface area contributed by atoms with Crippen LogP contribution in [0.4, 0.5) is 11.4 Å². The highest BCUT2D eigenvalue weighted by Crippen LogP contribution is 2.24. The van der Waals surface area contributed by atoms with Gasteiger partial charge in [-0.25, -0.2) is 4.98 Å². The van der Waals surface area contributed by atoms with Crippen molar-refractivity contribution < 1.29 is 9.59 Å². The summed E-state index contributed by atoms with van der Waals surface area (Å²) in [6.07, 6.45) is 0. The zero-order valence-electron chi connectivity index (χ0n) is 16.6. The third kappa shape index (κ3) is 6.17. The summed E-state index contributed by atoms with van der Waals surface area (Å²) in [5.74, 6) is 0.452. The Hall–Kier alpha value is -2.64. The largest absolute Gasteiger partial charge is 0.326 e. The van der Waals surface area contributed by atoms with Gasteiger partial charge in [0.1, 0.15) is 0 Å². The molecule has 3 aromatic rings. The molecule has 0 bridgehead atoms. The van der Waals surface area contributed by atoms with Crippen molar-refractivity contribution in [3.8, 4) is 0 Å². The maximum absolute atomic E-state index is 12.5. The molecule has 2 N–H and O–H groups in total. The predicted octanol–water partition coefficient (Wildman–Crippen LogP) is 5.59. The summed E-state index contributed by atoms with van der Waals surface area (Å²) in [6.45, 7) is 5.67. The number of anilines is 2. The van der Waals surface area contributed by atoms with Crippen molar-refractivity contribution in [2.45, 2.75) is 31.4 Å². The van der Waals surface area contributed by atoms with Crippen LogP contribution in [0.3, 0.4) is 0 Å². The SMILES string of the molecule is Cc1nc(CSc2ccc(C(=O)Nc3cccc(NC(=O)C(C)C)c3)cc2)cs1. The van der Waals surface area contributed by atoms with E-state index in [4.69, 9.17) is 0 Å². The molecule has 0 fully saturated rings. The number of carbonyl (C=O) groups is 2. The van der Waals surface area contributed by atoms with Gasteiger partial charge in [0.05, 0.1) is 10.7 Å². The second-order valence-corrected chi connectivity index (χ2v) is 8.96. The average Bonchev–Trinajstić information content (AvgIpc) is 3.12. The highest BCUT2D eigenvalue weighted by molar-refractivity contribution is 7.98. The van der Waals surface area contributed by atoms with Gasteiger partial charge in [-0.2, -0.15) is 0 Å². The Bertz CT molecular complexity index is 997. The number of amides is 2. The lowest BCUT2D eigenvalue weighted by molar-refractivity contribution is -0.118. The van der Waals surface area contributed by atoms with E-state index in [0.29, 0.717) is 16.9 Å². The smallest absolute Gasteiger partial charge is 0.255 e. The van der Waals surface area contributed by atoms with Crippen LogP contribution >= 0.6 is 23.1 Å². The van der Waals surface area contributed by atoms with E-state index in [9.17, 15) is 9.59 Å². The third-order valence-electron chi connectivity index (χ3n) is 4.08. The Morgan fingerprint density at radius 1 is 1.07 bits per heavy atom. The number of aromatic nitrogens is 1. The van der Waals surface area contributed by atoms with E-state index in [1.54, 1.807) is 47.4 Å². The van der Waals surface area contributed by atoms with Gasteiger partial charge in [-0.3, -0.25) is 9.59 Å². The molecule has 150 valence electrons. The lowest BCUT2D eigenvalue weighted by atomic mass is 10.2. The molecular weight excluding hydrogens is 402 g/mol. The molecule has 0 saturated heterocycles. The van der Waals surface area contributed by atoms with Crippen LogP contribution < -0.4 is 10.6 Å². The Morgan fingerprint density at radius 3 is 2.38 bits per heavy atom. The molecule has 7 heteroatoms. The molecule has 3 rings (SSSR count). The minimum atomic E-state index is -0.191. The lowest BCUT2D eigenvalue weighted by Crippen LogP contribution is -2.18. The van der Waals surface area contributed by atoms with E-state index in [2.05, 4.69) is 21.0 Å². The van der Waals surface area contributed by atoms with Crippen LogP contribution in [-0.2, 0) is 10.5 Å². The molecule has 29 heavy (non-hydrogen) atoms. The van der Waals surface area contributed by atoms with E-state index in [0.717, 1.165) is 21.3 Å². The number of hydrogen-bond acceptors (Lipinski definition) is 5. The van der Waals surface area contributed by atoms with Gasteiger partial charge < -0.3 is 10.6 Å². The van der Waals surface area contributed by atoms with Gasteiger partial charge >= 0.3 is 0 Å². The zero-order valence-corrected chi connectivity index (χ0v) is 18.2. The summed E-state index contributed by atoms with van der Waals surface area (Å²) in [5, 5.41) is 8.85. The van der Waals surface area contributed by atoms with Crippen LogP contribution in [0.25, 0.3) is 0 Å². The lowest BCUT2D eigenvalue weighted by Gasteiger charge is -2.10. The molecule has 0 spiro atoms. The molecule has 1 heterocycles. The van der Waals surface area contributed by atoms with E-state index >= 15 is 0 Å². The van der Waals surface area contributed by atoms with Gasteiger partial charge in [0, 0.05) is 38.9 Å². The molecule has 2 amide bonds. The van der Waals surface area contributed by atoms with Crippen LogP contribution in [0.15, 0.2) is 58.8 Å². The first kappa shape index (κ1) is 21.1. The van der Waals surface area contributed by atoms with E-state index in [-0.39, 0.29) is 17.7 Å². The Balaban J connectivity index is 1.58. The minimum absolute atomic E-state index is 0.0608. The molecule has 0 atom stereocenters. The molecule has 2 aromatic carbocycles. The van der Waals surface area contributed by atoms with Crippen molar-refractivity contribution >= 4 is 46.3 Å². The van der Waals surface area contributed by atoms with Gasteiger partial charge in [-0.15, -0.1) is 23.1 Å². The van der Waals surface area contributed by atoms with Crippen LogP contribution in [0.1, 0.15) is 34.9 Å². The van der Waals surface area contributed by atoms with Gasteiger partial charge in [-0.05, 0) is 49.4 Å². The average molecular weight is 426 g/mol. The first-order chi connectivity index (χ1) is 13.9. The summed E-state index contributed by atoms with van der Waals surface area (Å²) in [6, 6.07) is 14.7. The van der Waals surface area contributed by atoms with E-state index in [1.807, 2.05) is 45.0 Å². The number of nitrogens with one attached hydrogen (secondary N) is 2. The van der Waals surface area contributed by atoms with Crippen molar-refractivity contribution in [1.29, 1.82) is 0 Å². The number of nitrogens with zero attached hydrogens (tertiary/aromatic N) is 1. The number of hydrogen-bond donors (Lipinski definition) is 2. The standard InChI is InChI=1S/C22H23N3O2S2/c1-14(2)21(26)24-17-5-4-6-18(11-17)25-22(27)16-7-9-20(10-8-16)29-13-19-12-28-15(3)23-19/h4-12,14H,13H2,1-3H3,(H,24,26)(H,25,27). The number of aryl methyl sites for hydroxylation is 1. The van der Waals surface area contributed by atoms with Crippen LogP contribution in [0.2, 0.25) is 0 Å². The normalized spacial score (nSPS) is 10.8. The van der Waals surface area contributed by atoms with E-state index < -0.39 is 0 Å². The van der Waals surface area contributed by atoms with Crippen LogP contribution in [-0.4, -0.2) is 16.8 Å². The highest BCUT2D eigenvalue weighted by Gasteiger charge is 2.10. The molecule has 0 aliphatic rings. The quantitative estimate of drug-likeness (QED) is 0.484. The monoisotopic (exact) mass is 425 g/mol. The Labute approximate surface area is 179 Å². The van der Waals surface area contributed by atoms with Crippen LogP contribution in [0, 0.1) is 12.8 Å². The molecule has 0 saturated carbocycles. The fourth-order valence-corrected chi connectivity index (χ4v) is 4.01. The fourth-order valence-electron chi connectivity index (χ4n) is 2.50. The van der Waals surface area contributed by atoms with Crippen molar-refractivity contribution in [2.24, 2.45) is 5.92 Å². The van der Waals surface area contributed by atoms with Gasteiger partial charge in [-0.1, -0.05) is 19.9 Å². The zero-order chi connectivity index (χ0) is 20.8. The summed E-state index contributed by atoms with van der Waals surface area (Å²) in [7, 11) is 0. The van der Waals surface area contributed by atoms with Gasteiger partial charge in [0.15, 0.2) is 0 Å². The summed E-state index contributed by atoms with van der Waals surface area (Å²) in [4.78, 5) is 29.9. The van der Waals surface area contributed by atoms with Crippen LogP contribution in [0.5, 0.6) is 0 Å². The molecule has 0 unspecified atom stereocenters. The highest BCUT2D eigenvalue weighted by atomic mass is 32.2. The molecular formula is C22H23N3O2S2. The first-order valence-electron chi connectivity index (χ1n) is 9.27. The topological polar surface area (TPSA) is 71.1 Å². The van der Waals surface area contributed by atoms with Gasteiger partial charge in [0.2, 0.25) is 5.91 Å². The summed E-state index contributed by atoms with van der Waals surface area (Å²) >= 11 is 3.35. The number of thioether (sulfide) groups is 1. The molecule has 0 aliphatic carbocycles. The van der Waals surface area contributed by atoms with Crippen molar-refractivity contribution in [1.82, 2.24) is 4.98 Å². The van der Waals surface area contributed by atoms with Gasteiger partial charge in [0.25, 0.3) is 5.91 Å². The van der Waals surface area contributed by atoms with Crippen molar-refractivity contribution in [3.63, 3.8) is 0 Å². The van der Waals surface area contributed by atoms with E-state index in [1.165, 1.54) is 0 Å². The second-order valence-electron chi connectivity index (χ2n) is 6.85. The predicted molar refractivity (Wildman–Crippen MR) is 121 cm³/mol. The molecule has 1 aromatic heterocycles. The molecule has 5 nitrogen and oxygen atoms in total. The number of benzene rings is 2. The van der Waals surface area contributed by atoms with Crippen molar-refractivity contribution in [3.05, 3.63) is 70.2 Å². The first-order valence-corrected chi connectivity index (χ1v) is 11.1. The number of carbonyl (C=O) groups excluding carboxylic acids is 2. The third-order valence-corrected chi connectivity index (χ3v) is 5.95. The number of thiazole rings is 1.